The number of phenolic OH excluding ortho intramolecular Hbond substituents is 1. The number of nitrogen functional groups attached to an aromatic ring is 1. The van der Waals surface area contributed by atoms with Crippen molar-refractivity contribution in [3.63, 3.8) is 0 Å². The summed E-state index contributed by atoms with van der Waals surface area (Å²) in [4.78, 5) is 0. The van der Waals surface area contributed by atoms with Crippen molar-refractivity contribution in [2.45, 2.75) is 25.5 Å². The van der Waals surface area contributed by atoms with Crippen LogP contribution in [0.2, 0.25) is 0 Å². The van der Waals surface area contributed by atoms with Crippen molar-refractivity contribution in [1.82, 2.24) is 5.32 Å². The fraction of sp³-hybridized carbons (Fsp3) is 0.294. The second kappa shape index (κ2) is 7.80. The maximum Gasteiger partial charge on any atom is 0.115 e. The number of phenols is 1. The second-order valence-electron chi connectivity index (χ2n) is 5.39. The van der Waals surface area contributed by atoms with Crippen LogP contribution in [0.5, 0.6) is 5.75 Å². The summed E-state index contributed by atoms with van der Waals surface area (Å²) >= 11 is 2.23. The van der Waals surface area contributed by atoms with Crippen LogP contribution >= 0.6 is 22.6 Å². The average Bonchev–Trinajstić information content (AvgIpc) is 2.51. The predicted octanol–water partition coefficient (Wildman–Crippen LogP) is 2.83. The predicted molar refractivity (Wildman–Crippen MR) is 97.8 cm³/mol. The molecule has 0 bridgehead atoms. The van der Waals surface area contributed by atoms with Crippen molar-refractivity contribution in [1.29, 1.82) is 0 Å². The lowest BCUT2D eigenvalue weighted by Crippen LogP contribution is -2.33. The van der Waals surface area contributed by atoms with Crippen LogP contribution in [0.4, 0.5) is 5.69 Å². The van der Waals surface area contributed by atoms with Crippen molar-refractivity contribution in [2.75, 3.05) is 12.3 Å². The summed E-state index contributed by atoms with van der Waals surface area (Å²) in [6.07, 6.45) is 0.273. The number of nitrogens with two attached hydrogens (primary N) is 1. The molecule has 0 aromatic heterocycles. The number of aliphatic hydroxyl groups is 1. The Morgan fingerprint density at radius 1 is 1.18 bits per heavy atom. The molecule has 0 aliphatic rings. The third kappa shape index (κ3) is 4.59. The molecule has 0 heterocycles. The molecule has 0 saturated carbocycles. The van der Waals surface area contributed by atoms with Crippen LogP contribution in [0, 0.1) is 3.57 Å². The molecule has 0 saturated heterocycles. The average molecular weight is 412 g/mol. The Labute approximate surface area is 144 Å². The highest BCUT2D eigenvalue weighted by atomic mass is 127. The molecule has 2 atom stereocenters. The topological polar surface area (TPSA) is 78.5 Å². The zero-order valence-electron chi connectivity index (χ0n) is 12.5. The summed E-state index contributed by atoms with van der Waals surface area (Å²) in [6.45, 7) is 2.72. The van der Waals surface area contributed by atoms with Crippen LogP contribution in [0.1, 0.15) is 24.2 Å². The van der Waals surface area contributed by atoms with Gasteiger partial charge in [-0.25, -0.2) is 0 Å². The number of hydrogen-bond donors (Lipinski definition) is 4. The molecule has 2 rings (SSSR count). The number of benzene rings is 2. The number of rotatable bonds is 6. The van der Waals surface area contributed by atoms with E-state index in [1.807, 2.05) is 19.1 Å². The molecule has 4 nitrogen and oxygen atoms in total. The first-order valence-corrected chi connectivity index (χ1v) is 8.29. The van der Waals surface area contributed by atoms with Gasteiger partial charge in [-0.3, -0.25) is 0 Å². The first kappa shape index (κ1) is 17.1. The molecule has 5 N–H and O–H groups in total. The summed E-state index contributed by atoms with van der Waals surface area (Å²) < 4.78 is 1.06. The van der Waals surface area contributed by atoms with Crippen LogP contribution in [0.3, 0.4) is 0 Å². The normalized spacial score (nSPS) is 13.8. The van der Waals surface area contributed by atoms with Gasteiger partial charge in [0.2, 0.25) is 0 Å². The Morgan fingerprint density at radius 3 is 2.50 bits per heavy atom. The van der Waals surface area contributed by atoms with Crippen LogP contribution < -0.4 is 11.1 Å². The maximum atomic E-state index is 10.3. The largest absolute Gasteiger partial charge is 0.508 e. The lowest BCUT2D eigenvalue weighted by Gasteiger charge is -2.21. The number of halogens is 1. The summed E-state index contributed by atoms with van der Waals surface area (Å²) in [5.74, 6) is 0.203. The fourth-order valence-corrected chi connectivity index (χ4v) is 2.82. The molecule has 0 fully saturated rings. The van der Waals surface area contributed by atoms with Gasteiger partial charge >= 0.3 is 0 Å². The maximum absolute atomic E-state index is 10.3. The SMILES string of the molecule is C[C@H](NCCc1ccc(N)c(I)c1)[C@H](O)c1ccc(O)cc1. The van der Waals surface area contributed by atoms with Crippen LogP contribution in [0.15, 0.2) is 42.5 Å². The second-order valence-corrected chi connectivity index (χ2v) is 6.55. The summed E-state index contributed by atoms with van der Waals surface area (Å²) in [7, 11) is 0. The number of anilines is 1. The monoisotopic (exact) mass is 412 g/mol. The molecule has 0 amide bonds. The molecule has 118 valence electrons. The van der Waals surface area contributed by atoms with Crippen molar-refractivity contribution in [3.05, 3.63) is 57.2 Å². The molecule has 0 unspecified atom stereocenters. The molecule has 5 heteroatoms. The Kier molecular flexibility index (Phi) is 6.05. The third-order valence-electron chi connectivity index (χ3n) is 3.65. The van der Waals surface area contributed by atoms with E-state index in [0.29, 0.717) is 0 Å². The van der Waals surface area contributed by atoms with E-state index >= 15 is 0 Å². The van der Waals surface area contributed by atoms with Crippen molar-refractivity contribution >= 4 is 28.3 Å². The molecule has 0 aliphatic heterocycles. The Balaban J connectivity index is 1.85. The van der Waals surface area contributed by atoms with E-state index in [-0.39, 0.29) is 11.8 Å². The van der Waals surface area contributed by atoms with E-state index < -0.39 is 6.10 Å². The Hall–Kier alpha value is -1.31. The Morgan fingerprint density at radius 2 is 1.86 bits per heavy atom. The van der Waals surface area contributed by atoms with Gasteiger partial charge in [-0.15, -0.1) is 0 Å². The third-order valence-corrected chi connectivity index (χ3v) is 4.59. The molecule has 2 aromatic rings. The van der Waals surface area contributed by atoms with Crippen molar-refractivity contribution < 1.29 is 10.2 Å². The van der Waals surface area contributed by atoms with E-state index in [1.165, 1.54) is 5.56 Å². The smallest absolute Gasteiger partial charge is 0.115 e. The van der Waals surface area contributed by atoms with E-state index in [2.05, 4.69) is 34.0 Å². The number of aliphatic hydroxyl groups excluding tert-OH is 1. The van der Waals surface area contributed by atoms with Crippen molar-refractivity contribution in [3.8, 4) is 5.75 Å². The number of aromatic hydroxyl groups is 1. The van der Waals surface area contributed by atoms with Gasteiger partial charge in [0.05, 0.1) is 6.10 Å². The first-order chi connectivity index (χ1) is 10.5. The van der Waals surface area contributed by atoms with Gasteiger partial charge < -0.3 is 21.3 Å². The zero-order valence-corrected chi connectivity index (χ0v) is 14.6. The summed E-state index contributed by atoms with van der Waals surface area (Å²) in [5, 5.41) is 22.9. The standard InChI is InChI=1S/C17H21IN2O2/c1-11(17(22)13-3-5-14(21)6-4-13)20-9-8-12-2-7-16(19)15(18)10-12/h2-7,10-11,17,20-22H,8-9,19H2,1H3/t11-,17-/m0/s1. The van der Waals surface area contributed by atoms with Gasteiger partial charge in [-0.2, -0.15) is 0 Å². The quantitative estimate of drug-likeness (QED) is 0.435. The van der Waals surface area contributed by atoms with Gasteiger partial charge in [0, 0.05) is 15.3 Å². The highest BCUT2D eigenvalue weighted by molar-refractivity contribution is 14.1. The minimum absolute atomic E-state index is 0.0719. The highest BCUT2D eigenvalue weighted by Gasteiger charge is 2.15. The molecular formula is C17H21IN2O2. The van der Waals surface area contributed by atoms with Gasteiger partial charge in [0.1, 0.15) is 5.75 Å². The first-order valence-electron chi connectivity index (χ1n) is 7.21. The zero-order chi connectivity index (χ0) is 16.1. The van der Waals surface area contributed by atoms with Gasteiger partial charge in [-0.05, 0) is 77.9 Å². The van der Waals surface area contributed by atoms with Crippen LogP contribution in [-0.4, -0.2) is 22.8 Å². The Bertz CT molecular complexity index is 617. The van der Waals surface area contributed by atoms with Gasteiger partial charge in [0.15, 0.2) is 0 Å². The number of nitrogens with one attached hydrogen (secondary N) is 1. The highest BCUT2D eigenvalue weighted by Crippen LogP contribution is 2.20. The van der Waals surface area contributed by atoms with Crippen molar-refractivity contribution in [2.24, 2.45) is 0 Å². The minimum Gasteiger partial charge on any atom is -0.508 e. The lowest BCUT2D eigenvalue weighted by atomic mass is 10.0. The molecule has 0 aliphatic carbocycles. The molecule has 2 aromatic carbocycles. The summed E-state index contributed by atoms with van der Waals surface area (Å²) in [6, 6.07) is 12.6. The van der Waals surface area contributed by atoms with E-state index in [1.54, 1.807) is 24.3 Å². The lowest BCUT2D eigenvalue weighted by molar-refractivity contribution is 0.136. The van der Waals surface area contributed by atoms with Gasteiger partial charge in [-0.1, -0.05) is 18.2 Å². The van der Waals surface area contributed by atoms with E-state index in [4.69, 9.17) is 5.73 Å². The summed E-state index contributed by atoms with van der Waals surface area (Å²) in [5.41, 5.74) is 8.62. The van der Waals surface area contributed by atoms with E-state index in [0.717, 1.165) is 27.8 Å². The fourth-order valence-electron chi connectivity index (χ4n) is 2.24. The minimum atomic E-state index is -0.604. The van der Waals surface area contributed by atoms with Crippen LogP contribution in [0.25, 0.3) is 0 Å². The van der Waals surface area contributed by atoms with E-state index in [9.17, 15) is 10.2 Å². The molecular weight excluding hydrogens is 391 g/mol. The number of hydrogen-bond acceptors (Lipinski definition) is 4. The molecule has 22 heavy (non-hydrogen) atoms. The molecule has 0 radical (unpaired) electrons. The van der Waals surface area contributed by atoms with Crippen LogP contribution in [-0.2, 0) is 6.42 Å². The molecule has 0 spiro atoms. The van der Waals surface area contributed by atoms with Gasteiger partial charge in [0.25, 0.3) is 0 Å².